The number of aliphatic hydroxyl groups is 1. The van der Waals surface area contributed by atoms with Crippen LogP contribution in [0.1, 0.15) is 20.8 Å². The van der Waals surface area contributed by atoms with Gasteiger partial charge < -0.3 is 5.11 Å². The highest BCUT2D eigenvalue weighted by atomic mass is 32.2. The Morgan fingerprint density at radius 2 is 2.09 bits per heavy atom. The predicted molar refractivity (Wildman–Crippen MR) is 51.3 cm³/mol. The summed E-state index contributed by atoms with van der Waals surface area (Å²) in [5, 5.41) is 10.3. The van der Waals surface area contributed by atoms with Crippen LogP contribution in [0.25, 0.3) is 0 Å². The van der Waals surface area contributed by atoms with E-state index in [-0.39, 0.29) is 11.4 Å². The molecule has 0 atom stereocenters. The fourth-order valence-electron chi connectivity index (χ4n) is 0.377. The van der Waals surface area contributed by atoms with Crippen LogP contribution >= 0.6 is 11.8 Å². The number of aliphatic hydroxyl groups excluding tert-OH is 1. The van der Waals surface area contributed by atoms with E-state index in [1.165, 1.54) is 0 Å². The fraction of sp³-hybridized carbons (Fsp3) is 0.556. The first kappa shape index (κ1) is 10.6. The van der Waals surface area contributed by atoms with Crippen molar-refractivity contribution in [2.45, 2.75) is 25.5 Å². The van der Waals surface area contributed by atoms with Crippen molar-refractivity contribution >= 4 is 11.8 Å². The molecule has 0 rings (SSSR count). The van der Waals surface area contributed by atoms with Crippen molar-refractivity contribution in [2.75, 3.05) is 6.61 Å². The van der Waals surface area contributed by atoms with Crippen molar-refractivity contribution in [1.29, 1.82) is 0 Å². The minimum absolute atomic E-state index is 0.0650. The molecule has 0 aliphatic heterocycles. The van der Waals surface area contributed by atoms with Crippen LogP contribution in [-0.2, 0) is 0 Å². The smallest absolute Gasteiger partial charge is 0.104 e. The Hall–Kier alpha value is -0.390. The van der Waals surface area contributed by atoms with Gasteiger partial charge in [0.15, 0.2) is 0 Å². The van der Waals surface area contributed by atoms with E-state index < -0.39 is 0 Å². The van der Waals surface area contributed by atoms with Crippen LogP contribution in [0.5, 0.6) is 0 Å². The van der Waals surface area contributed by atoms with Crippen LogP contribution in [0.2, 0.25) is 0 Å². The second-order valence-corrected chi connectivity index (χ2v) is 4.74. The number of thioether (sulfide) groups is 1. The maximum Gasteiger partial charge on any atom is 0.104 e. The van der Waals surface area contributed by atoms with Crippen LogP contribution in [0, 0.1) is 11.8 Å². The van der Waals surface area contributed by atoms with Crippen molar-refractivity contribution in [3.05, 3.63) is 11.5 Å². The molecule has 0 aromatic heterocycles. The molecule has 2 heteroatoms. The monoisotopic (exact) mass is 170 g/mol. The van der Waals surface area contributed by atoms with Crippen molar-refractivity contribution in [2.24, 2.45) is 0 Å². The molecular weight excluding hydrogens is 156 g/mol. The maximum atomic E-state index is 8.31. The topological polar surface area (TPSA) is 20.2 Å². The second-order valence-electron chi connectivity index (χ2n) is 3.01. The highest BCUT2D eigenvalue weighted by Gasteiger charge is 2.06. The molecule has 11 heavy (non-hydrogen) atoms. The summed E-state index contributed by atoms with van der Waals surface area (Å²) in [5.41, 5.74) is 0. The third-order valence-electron chi connectivity index (χ3n) is 0.754. The highest BCUT2D eigenvalue weighted by Crippen LogP contribution is 2.23. The summed E-state index contributed by atoms with van der Waals surface area (Å²) in [6.45, 7) is 6.36. The average molecular weight is 170 g/mol. The predicted octanol–water partition coefficient (Wildman–Crippen LogP) is 2.03. The SMILES string of the molecule is CC(C)(C)S/C=C/C#CCO. The third kappa shape index (κ3) is 9.61. The lowest BCUT2D eigenvalue weighted by Crippen LogP contribution is -2.04. The van der Waals surface area contributed by atoms with E-state index >= 15 is 0 Å². The lowest BCUT2D eigenvalue weighted by molar-refractivity contribution is 0.350. The van der Waals surface area contributed by atoms with E-state index in [1.807, 2.05) is 5.41 Å². The van der Waals surface area contributed by atoms with Gasteiger partial charge in [0.1, 0.15) is 6.61 Å². The van der Waals surface area contributed by atoms with Crippen LogP contribution < -0.4 is 0 Å². The summed E-state index contributed by atoms with van der Waals surface area (Å²) in [6, 6.07) is 0. The molecular formula is C9H14OS. The molecule has 62 valence electrons. The summed E-state index contributed by atoms with van der Waals surface area (Å²) in [7, 11) is 0. The molecule has 0 amide bonds. The zero-order chi connectivity index (χ0) is 8.74. The molecule has 0 saturated heterocycles. The Labute approximate surface area is 72.9 Å². The van der Waals surface area contributed by atoms with E-state index in [4.69, 9.17) is 5.11 Å². The van der Waals surface area contributed by atoms with Crippen molar-refractivity contribution in [3.8, 4) is 11.8 Å². The molecule has 0 aromatic carbocycles. The molecule has 0 unspecified atom stereocenters. The van der Waals surface area contributed by atoms with E-state index in [1.54, 1.807) is 17.8 Å². The summed E-state index contributed by atoms with van der Waals surface area (Å²) in [6.07, 6.45) is 1.76. The zero-order valence-corrected chi connectivity index (χ0v) is 8.03. The zero-order valence-electron chi connectivity index (χ0n) is 7.22. The lowest BCUT2D eigenvalue weighted by atomic mass is 10.3. The van der Waals surface area contributed by atoms with E-state index in [9.17, 15) is 0 Å². The summed E-state index contributed by atoms with van der Waals surface area (Å²) in [4.78, 5) is 0. The maximum absolute atomic E-state index is 8.31. The molecule has 0 saturated carbocycles. The summed E-state index contributed by atoms with van der Waals surface area (Å²) < 4.78 is 0.247. The van der Waals surface area contributed by atoms with Gasteiger partial charge >= 0.3 is 0 Å². The minimum Gasteiger partial charge on any atom is -0.384 e. The number of hydrogen-bond acceptors (Lipinski definition) is 2. The van der Waals surface area contributed by atoms with Crippen molar-refractivity contribution < 1.29 is 5.11 Å². The van der Waals surface area contributed by atoms with Crippen LogP contribution in [0.15, 0.2) is 11.5 Å². The van der Waals surface area contributed by atoms with Crippen LogP contribution in [0.4, 0.5) is 0 Å². The minimum atomic E-state index is -0.0650. The van der Waals surface area contributed by atoms with E-state index in [0.717, 1.165) is 0 Å². The van der Waals surface area contributed by atoms with Crippen LogP contribution in [0.3, 0.4) is 0 Å². The van der Waals surface area contributed by atoms with E-state index in [0.29, 0.717) is 0 Å². The van der Waals surface area contributed by atoms with Gasteiger partial charge in [0, 0.05) is 4.75 Å². The molecule has 1 nitrogen and oxygen atoms in total. The van der Waals surface area contributed by atoms with Gasteiger partial charge in [-0.1, -0.05) is 32.6 Å². The number of rotatable bonds is 1. The number of allylic oxidation sites excluding steroid dienone is 1. The standard InChI is InChI=1S/C9H14OS/c1-9(2,3)11-8-6-4-5-7-10/h6,8,10H,7H2,1-3H3/b8-6+. The highest BCUT2D eigenvalue weighted by molar-refractivity contribution is 8.03. The molecule has 0 aliphatic carbocycles. The largest absolute Gasteiger partial charge is 0.384 e. The van der Waals surface area contributed by atoms with Gasteiger partial charge in [-0.2, -0.15) is 0 Å². The third-order valence-corrected chi connectivity index (χ3v) is 1.73. The Balaban J connectivity index is 3.61. The Bertz CT molecular complexity index is 178. The second kappa shape index (κ2) is 5.29. The summed E-state index contributed by atoms with van der Waals surface area (Å²) in [5.74, 6) is 5.25. The lowest BCUT2D eigenvalue weighted by Gasteiger charge is -2.13. The molecule has 0 radical (unpaired) electrons. The first-order valence-corrected chi connectivity index (χ1v) is 4.36. The molecule has 0 fully saturated rings. The molecule has 0 aromatic rings. The van der Waals surface area contributed by atoms with Gasteiger partial charge in [-0.05, 0) is 11.5 Å². The van der Waals surface area contributed by atoms with Gasteiger partial charge in [-0.25, -0.2) is 0 Å². The normalized spacial score (nSPS) is 11.3. The fourth-order valence-corrected chi connectivity index (χ4v) is 0.921. The van der Waals surface area contributed by atoms with Crippen molar-refractivity contribution in [1.82, 2.24) is 0 Å². The Morgan fingerprint density at radius 3 is 2.55 bits per heavy atom. The molecule has 0 heterocycles. The molecule has 0 aliphatic rings. The van der Waals surface area contributed by atoms with Gasteiger partial charge in [0.05, 0.1) is 0 Å². The molecule has 0 spiro atoms. The van der Waals surface area contributed by atoms with Gasteiger partial charge in [-0.15, -0.1) is 11.8 Å². The van der Waals surface area contributed by atoms with Gasteiger partial charge in [-0.3, -0.25) is 0 Å². The molecule has 1 N–H and O–H groups in total. The average Bonchev–Trinajstić information content (AvgIpc) is 1.85. The van der Waals surface area contributed by atoms with Crippen molar-refractivity contribution in [3.63, 3.8) is 0 Å². The number of hydrogen-bond donors (Lipinski definition) is 1. The van der Waals surface area contributed by atoms with Gasteiger partial charge in [0.2, 0.25) is 0 Å². The first-order chi connectivity index (χ1) is 5.06. The Morgan fingerprint density at radius 1 is 1.45 bits per heavy atom. The van der Waals surface area contributed by atoms with E-state index in [2.05, 4.69) is 32.6 Å². The molecule has 0 bridgehead atoms. The first-order valence-electron chi connectivity index (χ1n) is 3.48. The van der Waals surface area contributed by atoms with Gasteiger partial charge in [0.25, 0.3) is 0 Å². The quantitative estimate of drug-likeness (QED) is 0.608. The summed E-state index contributed by atoms with van der Waals surface area (Å²) >= 11 is 1.72. The Kier molecular flexibility index (Phi) is 5.10. The van der Waals surface area contributed by atoms with Crippen LogP contribution in [-0.4, -0.2) is 16.5 Å².